The average Bonchev–Trinajstić information content (AvgIpc) is 2.62. The molecule has 2 heterocycles. The third-order valence-electron chi connectivity index (χ3n) is 4.23. The number of benzene rings is 1. The molecular weight excluding hydrogens is 300 g/mol. The zero-order chi connectivity index (χ0) is 16.8. The van der Waals surface area contributed by atoms with Gasteiger partial charge in [-0.25, -0.2) is 9.97 Å². The van der Waals surface area contributed by atoms with Gasteiger partial charge in [-0.3, -0.25) is 0 Å². The van der Waals surface area contributed by atoms with Crippen molar-refractivity contribution in [2.75, 3.05) is 55.3 Å². The first kappa shape index (κ1) is 16.5. The van der Waals surface area contributed by atoms with E-state index >= 15 is 0 Å². The minimum atomic E-state index is 0.802. The molecule has 3 rings (SSSR count). The summed E-state index contributed by atoms with van der Waals surface area (Å²) < 4.78 is 0. The summed E-state index contributed by atoms with van der Waals surface area (Å²) in [5, 5.41) is 6.61. The Balaban J connectivity index is 1.62. The fourth-order valence-electron chi connectivity index (χ4n) is 2.74. The van der Waals surface area contributed by atoms with E-state index in [1.165, 1.54) is 5.69 Å². The number of hydrogen-bond acceptors (Lipinski definition) is 6. The average molecular weight is 326 g/mol. The van der Waals surface area contributed by atoms with Gasteiger partial charge >= 0.3 is 0 Å². The second-order valence-electron chi connectivity index (χ2n) is 6.18. The lowest BCUT2D eigenvalue weighted by molar-refractivity contribution is 0.313. The summed E-state index contributed by atoms with van der Waals surface area (Å²) in [5.74, 6) is 1.65. The van der Waals surface area contributed by atoms with Crippen molar-refractivity contribution in [3.8, 4) is 0 Å². The molecule has 1 aromatic heterocycles. The minimum Gasteiger partial charge on any atom is -0.370 e. The molecule has 1 aliphatic heterocycles. The first-order valence-corrected chi connectivity index (χ1v) is 8.61. The molecule has 24 heavy (non-hydrogen) atoms. The summed E-state index contributed by atoms with van der Waals surface area (Å²) in [6.45, 7) is 7.46. The smallest absolute Gasteiger partial charge is 0.135 e. The Morgan fingerprint density at radius 1 is 1.00 bits per heavy atom. The number of aromatic nitrogens is 2. The highest BCUT2D eigenvalue weighted by molar-refractivity contribution is 5.62. The van der Waals surface area contributed by atoms with Gasteiger partial charge in [0.1, 0.15) is 18.0 Å². The first-order valence-electron chi connectivity index (χ1n) is 8.61. The van der Waals surface area contributed by atoms with Gasteiger partial charge in [0.25, 0.3) is 0 Å². The Bertz CT molecular complexity index is 634. The van der Waals surface area contributed by atoms with Gasteiger partial charge in [0.05, 0.1) is 0 Å². The predicted molar refractivity (Wildman–Crippen MR) is 100 cm³/mol. The van der Waals surface area contributed by atoms with Crippen LogP contribution in [0.4, 0.5) is 23.0 Å². The molecule has 0 atom stereocenters. The lowest BCUT2D eigenvalue weighted by Gasteiger charge is -2.34. The van der Waals surface area contributed by atoms with E-state index in [9.17, 15) is 0 Å². The summed E-state index contributed by atoms with van der Waals surface area (Å²) >= 11 is 0. The molecule has 1 aromatic carbocycles. The molecule has 6 nitrogen and oxygen atoms in total. The Kier molecular flexibility index (Phi) is 5.48. The van der Waals surface area contributed by atoms with E-state index in [2.05, 4.69) is 68.6 Å². The third kappa shape index (κ3) is 4.35. The van der Waals surface area contributed by atoms with Crippen LogP contribution < -0.4 is 15.5 Å². The lowest BCUT2D eigenvalue weighted by atomic mass is 10.2. The van der Waals surface area contributed by atoms with Crippen molar-refractivity contribution in [3.05, 3.63) is 36.7 Å². The van der Waals surface area contributed by atoms with Gasteiger partial charge in [-0.05, 0) is 37.7 Å². The number of nitrogens with one attached hydrogen (secondary N) is 2. The van der Waals surface area contributed by atoms with Crippen molar-refractivity contribution in [1.82, 2.24) is 14.9 Å². The Morgan fingerprint density at radius 3 is 2.42 bits per heavy atom. The Morgan fingerprint density at radius 2 is 1.71 bits per heavy atom. The SMILES string of the molecule is CCCNc1cc(Nc2ccc(N3CCN(C)CC3)cc2)ncn1. The van der Waals surface area contributed by atoms with Crippen molar-refractivity contribution < 1.29 is 0 Å². The molecule has 1 saturated heterocycles. The van der Waals surface area contributed by atoms with Crippen LogP contribution in [0.5, 0.6) is 0 Å². The monoisotopic (exact) mass is 326 g/mol. The third-order valence-corrected chi connectivity index (χ3v) is 4.23. The zero-order valence-electron chi connectivity index (χ0n) is 14.5. The van der Waals surface area contributed by atoms with Crippen molar-refractivity contribution in [2.24, 2.45) is 0 Å². The molecule has 6 heteroatoms. The van der Waals surface area contributed by atoms with E-state index in [4.69, 9.17) is 0 Å². The highest BCUT2D eigenvalue weighted by Crippen LogP contribution is 2.22. The van der Waals surface area contributed by atoms with Gasteiger partial charge in [-0.15, -0.1) is 0 Å². The van der Waals surface area contributed by atoms with Crippen LogP contribution in [0.3, 0.4) is 0 Å². The highest BCUT2D eigenvalue weighted by atomic mass is 15.2. The lowest BCUT2D eigenvalue weighted by Crippen LogP contribution is -2.44. The van der Waals surface area contributed by atoms with Gasteiger partial charge in [0.15, 0.2) is 0 Å². The van der Waals surface area contributed by atoms with Gasteiger partial charge < -0.3 is 20.4 Å². The van der Waals surface area contributed by atoms with E-state index in [1.807, 2.05) is 6.07 Å². The molecule has 1 fully saturated rings. The molecule has 0 saturated carbocycles. The molecule has 2 N–H and O–H groups in total. The van der Waals surface area contributed by atoms with Crippen molar-refractivity contribution in [1.29, 1.82) is 0 Å². The van der Waals surface area contributed by atoms with E-state index in [1.54, 1.807) is 6.33 Å². The second kappa shape index (κ2) is 7.97. The fourth-order valence-corrected chi connectivity index (χ4v) is 2.74. The number of hydrogen-bond donors (Lipinski definition) is 2. The van der Waals surface area contributed by atoms with Gasteiger partial charge in [-0.1, -0.05) is 6.92 Å². The summed E-state index contributed by atoms with van der Waals surface area (Å²) in [6, 6.07) is 10.5. The highest BCUT2D eigenvalue weighted by Gasteiger charge is 2.13. The van der Waals surface area contributed by atoms with Crippen LogP contribution in [0, 0.1) is 0 Å². The Labute approximate surface area is 143 Å². The van der Waals surface area contributed by atoms with Gasteiger partial charge in [0, 0.05) is 50.2 Å². The van der Waals surface area contributed by atoms with Gasteiger partial charge in [0.2, 0.25) is 0 Å². The van der Waals surface area contributed by atoms with Crippen molar-refractivity contribution in [2.45, 2.75) is 13.3 Å². The standard InChI is InChI=1S/C18H26N6/c1-3-8-19-17-13-18(21-14-20-17)22-15-4-6-16(7-5-15)24-11-9-23(2)10-12-24/h4-7,13-14H,3,8-12H2,1-2H3,(H2,19,20,21,22). The summed E-state index contributed by atoms with van der Waals surface area (Å²) in [7, 11) is 2.18. The van der Waals surface area contributed by atoms with Crippen molar-refractivity contribution in [3.63, 3.8) is 0 Å². The Hall–Kier alpha value is -2.34. The van der Waals surface area contributed by atoms with Crippen LogP contribution in [0.15, 0.2) is 36.7 Å². The number of piperazine rings is 1. The maximum Gasteiger partial charge on any atom is 0.135 e. The summed E-state index contributed by atoms with van der Waals surface area (Å²) in [4.78, 5) is 13.3. The van der Waals surface area contributed by atoms with Crippen LogP contribution in [0.25, 0.3) is 0 Å². The molecule has 0 amide bonds. The first-order chi connectivity index (χ1) is 11.7. The number of anilines is 4. The normalized spacial score (nSPS) is 15.3. The molecule has 0 bridgehead atoms. The van der Waals surface area contributed by atoms with Crippen LogP contribution in [-0.4, -0.2) is 54.6 Å². The predicted octanol–water partition coefficient (Wildman–Crippen LogP) is 2.79. The number of rotatable bonds is 6. The maximum absolute atomic E-state index is 4.29. The van der Waals surface area contributed by atoms with E-state index in [0.29, 0.717) is 0 Å². The summed E-state index contributed by atoms with van der Waals surface area (Å²) in [5.41, 5.74) is 2.31. The molecule has 1 aliphatic rings. The number of nitrogens with zero attached hydrogens (tertiary/aromatic N) is 4. The van der Waals surface area contributed by atoms with E-state index < -0.39 is 0 Å². The summed E-state index contributed by atoms with van der Waals surface area (Å²) in [6.07, 6.45) is 2.65. The minimum absolute atomic E-state index is 0.802. The van der Waals surface area contributed by atoms with Crippen LogP contribution >= 0.6 is 0 Å². The molecule has 2 aromatic rings. The molecule has 0 aliphatic carbocycles. The molecule has 0 unspecified atom stereocenters. The topological polar surface area (TPSA) is 56.3 Å². The van der Waals surface area contributed by atoms with Crippen molar-refractivity contribution >= 4 is 23.0 Å². The number of likely N-dealkylation sites (N-methyl/N-ethyl adjacent to an activating group) is 1. The zero-order valence-corrected chi connectivity index (χ0v) is 14.5. The van der Waals surface area contributed by atoms with E-state index in [0.717, 1.165) is 56.5 Å². The second-order valence-corrected chi connectivity index (χ2v) is 6.18. The van der Waals surface area contributed by atoms with Gasteiger partial charge in [-0.2, -0.15) is 0 Å². The van der Waals surface area contributed by atoms with Crippen LogP contribution in [0.2, 0.25) is 0 Å². The van der Waals surface area contributed by atoms with Crippen LogP contribution in [0.1, 0.15) is 13.3 Å². The molecule has 0 spiro atoms. The van der Waals surface area contributed by atoms with E-state index in [-0.39, 0.29) is 0 Å². The quantitative estimate of drug-likeness (QED) is 0.851. The molecule has 0 radical (unpaired) electrons. The largest absolute Gasteiger partial charge is 0.370 e. The molecule has 128 valence electrons. The van der Waals surface area contributed by atoms with Crippen LogP contribution in [-0.2, 0) is 0 Å². The maximum atomic E-state index is 4.29. The fraction of sp³-hybridized carbons (Fsp3) is 0.444. The molecular formula is C18H26N6.